The fourth-order valence-corrected chi connectivity index (χ4v) is 3.36. The summed E-state index contributed by atoms with van der Waals surface area (Å²) in [4.78, 5) is 0. The van der Waals surface area contributed by atoms with Crippen molar-refractivity contribution in [3.63, 3.8) is 0 Å². The Morgan fingerprint density at radius 3 is 2.16 bits per heavy atom. The molecule has 25 heavy (non-hydrogen) atoms. The molecule has 1 heterocycles. The summed E-state index contributed by atoms with van der Waals surface area (Å²) >= 11 is 0. The molecule has 0 amide bonds. The quantitative estimate of drug-likeness (QED) is 0.798. The maximum absolute atomic E-state index is 10.4. The molecule has 1 aliphatic heterocycles. The number of aromatic hydroxyl groups is 2. The zero-order chi connectivity index (χ0) is 18.2. The van der Waals surface area contributed by atoms with Crippen molar-refractivity contribution in [1.82, 2.24) is 0 Å². The van der Waals surface area contributed by atoms with Crippen LogP contribution in [0, 0.1) is 6.92 Å². The predicted molar refractivity (Wildman–Crippen MR) is 101 cm³/mol. The molecule has 0 unspecified atom stereocenters. The summed E-state index contributed by atoms with van der Waals surface area (Å²) in [5.74, 6) is 1.60. The van der Waals surface area contributed by atoms with E-state index in [1.54, 1.807) is 12.1 Å². The highest BCUT2D eigenvalue weighted by atomic mass is 16.5. The van der Waals surface area contributed by atoms with Crippen LogP contribution < -0.4 is 0 Å². The molecular weight excluding hydrogens is 312 g/mol. The molecule has 132 valence electrons. The average Bonchev–Trinajstić information content (AvgIpc) is 2.53. The summed E-state index contributed by atoms with van der Waals surface area (Å²) in [5.41, 5.74) is 4.82. The van der Waals surface area contributed by atoms with Crippen LogP contribution in [0.25, 0.3) is 5.57 Å². The molecule has 1 saturated heterocycles. The molecule has 0 aliphatic carbocycles. The Bertz CT molecular complexity index is 825. The second-order valence-electron chi connectivity index (χ2n) is 7.21. The van der Waals surface area contributed by atoms with Gasteiger partial charge in [0.05, 0.1) is 6.61 Å². The van der Waals surface area contributed by atoms with E-state index < -0.39 is 0 Å². The monoisotopic (exact) mass is 338 g/mol. The lowest BCUT2D eigenvalue weighted by molar-refractivity contribution is 0.119. The van der Waals surface area contributed by atoms with Crippen LogP contribution in [0.4, 0.5) is 0 Å². The number of aryl methyl sites for hydroxylation is 1. The fourth-order valence-electron chi connectivity index (χ4n) is 3.36. The van der Waals surface area contributed by atoms with Gasteiger partial charge in [-0.25, -0.2) is 0 Å². The molecule has 1 fully saturated rings. The number of phenolic OH excluding ortho intramolecular Hbond substituents is 2. The number of hydrogen-bond acceptors (Lipinski definition) is 3. The normalized spacial score (nSPS) is 16.2. The zero-order valence-electron chi connectivity index (χ0n) is 15.4. The Kier molecular flexibility index (Phi) is 4.51. The number of rotatable bonds is 4. The molecule has 0 saturated carbocycles. The van der Waals surface area contributed by atoms with Crippen LogP contribution in [-0.2, 0) is 10.2 Å². The molecule has 2 aromatic rings. The van der Waals surface area contributed by atoms with Gasteiger partial charge in [0, 0.05) is 23.0 Å². The zero-order valence-corrected chi connectivity index (χ0v) is 15.4. The third kappa shape index (κ3) is 3.11. The minimum Gasteiger partial charge on any atom is -0.508 e. The van der Waals surface area contributed by atoms with Crippen molar-refractivity contribution in [2.45, 2.75) is 46.0 Å². The van der Waals surface area contributed by atoms with Crippen molar-refractivity contribution in [2.75, 3.05) is 6.61 Å². The second-order valence-corrected chi connectivity index (χ2v) is 7.21. The number of hydrogen-bond donors (Lipinski definition) is 2. The van der Waals surface area contributed by atoms with Crippen LogP contribution in [0.3, 0.4) is 0 Å². The van der Waals surface area contributed by atoms with E-state index in [2.05, 4.69) is 26.8 Å². The van der Waals surface area contributed by atoms with Crippen molar-refractivity contribution < 1.29 is 14.9 Å². The molecule has 0 spiro atoms. The average molecular weight is 338 g/mol. The van der Waals surface area contributed by atoms with Crippen LogP contribution in [0.1, 0.15) is 55.9 Å². The van der Waals surface area contributed by atoms with Gasteiger partial charge in [-0.05, 0) is 48.2 Å². The molecule has 2 N–H and O–H groups in total. The van der Waals surface area contributed by atoms with Gasteiger partial charge in [0.25, 0.3) is 0 Å². The van der Waals surface area contributed by atoms with Gasteiger partial charge in [-0.3, -0.25) is 0 Å². The summed E-state index contributed by atoms with van der Waals surface area (Å²) in [6.07, 6.45) is 1.76. The highest BCUT2D eigenvalue weighted by Gasteiger charge is 2.26. The second kappa shape index (κ2) is 6.47. The minimum atomic E-state index is -0.245. The van der Waals surface area contributed by atoms with E-state index in [4.69, 9.17) is 4.74 Å². The van der Waals surface area contributed by atoms with Crippen LogP contribution >= 0.6 is 0 Å². The standard InChI is InChI=1S/C22H26O3/c1-5-17(21-10-11-25-21)18-13-16(7-9-20(18)24)22(3,4)15-6-8-19(23)14(2)12-15/h6-9,12-13,23-24H,5,10-11H2,1-4H3/b21-17-. The first-order valence-corrected chi connectivity index (χ1v) is 8.83. The molecule has 3 rings (SSSR count). The number of phenols is 2. The summed E-state index contributed by atoms with van der Waals surface area (Å²) in [6, 6.07) is 11.6. The van der Waals surface area contributed by atoms with Gasteiger partial charge in [-0.15, -0.1) is 0 Å². The van der Waals surface area contributed by atoms with E-state index in [1.807, 2.05) is 25.1 Å². The molecule has 0 bridgehead atoms. The number of ether oxygens (including phenoxy) is 1. The molecule has 0 aromatic heterocycles. The Morgan fingerprint density at radius 2 is 1.64 bits per heavy atom. The van der Waals surface area contributed by atoms with Crippen molar-refractivity contribution >= 4 is 5.57 Å². The Hall–Kier alpha value is -2.42. The summed E-state index contributed by atoms with van der Waals surface area (Å²) < 4.78 is 5.57. The van der Waals surface area contributed by atoms with Gasteiger partial charge in [-0.1, -0.05) is 39.0 Å². The van der Waals surface area contributed by atoms with E-state index >= 15 is 0 Å². The van der Waals surface area contributed by atoms with Crippen molar-refractivity contribution in [1.29, 1.82) is 0 Å². The van der Waals surface area contributed by atoms with Gasteiger partial charge >= 0.3 is 0 Å². The molecule has 0 atom stereocenters. The first-order chi connectivity index (χ1) is 11.8. The van der Waals surface area contributed by atoms with E-state index in [-0.39, 0.29) is 5.41 Å². The summed E-state index contributed by atoms with van der Waals surface area (Å²) in [7, 11) is 0. The predicted octanol–water partition coefficient (Wildman–Crippen LogP) is 5.27. The van der Waals surface area contributed by atoms with Gasteiger partial charge in [0.2, 0.25) is 0 Å². The van der Waals surface area contributed by atoms with E-state index in [1.165, 1.54) is 0 Å². The highest BCUT2D eigenvalue weighted by Crippen LogP contribution is 2.39. The first kappa shape index (κ1) is 17.4. The molecule has 1 aliphatic rings. The van der Waals surface area contributed by atoms with Gasteiger partial charge in [0.15, 0.2) is 0 Å². The smallest absolute Gasteiger partial charge is 0.123 e. The van der Waals surface area contributed by atoms with Crippen molar-refractivity contribution in [3.05, 3.63) is 64.4 Å². The van der Waals surface area contributed by atoms with Gasteiger partial charge in [-0.2, -0.15) is 0 Å². The molecule has 2 aromatic carbocycles. The molecular formula is C22H26O3. The van der Waals surface area contributed by atoms with Gasteiger partial charge in [0.1, 0.15) is 17.3 Å². The summed E-state index contributed by atoms with van der Waals surface area (Å²) in [5, 5.41) is 20.2. The van der Waals surface area contributed by atoms with Gasteiger partial charge < -0.3 is 14.9 Å². The fraction of sp³-hybridized carbons (Fsp3) is 0.364. The van der Waals surface area contributed by atoms with Crippen LogP contribution in [0.2, 0.25) is 0 Å². The van der Waals surface area contributed by atoms with Crippen LogP contribution in [0.15, 0.2) is 42.2 Å². The van der Waals surface area contributed by atoms with Crippen molar-refractivity contribution in [3.8, 4) is 11.5 Å². The Morgan fingerprint density at radius 1 is 1.04 bits per heavy atom. The minimum absolute atomic E-state index is 0.245. The summed E-state index contributed by atoms with van der Waals surface area (Å²) in [6.45, 7) is 9.08. The van der Waals surface area contributed by atoms with E-state index in [0.717, 1.165) is 53.0 Å². The third-order valence-corrected chi connectivity index (χ3v) is 5.26. The molecule has 3 nitrogen and oxygen atoms in total. The van der Waals surface area contributed by atoms with E-state index in [9.17, 15) is 10.2 Å². The Labute approximate surface area is 149 Å². The van der Waals surface area contributed by atoms with Crippen LogP contribution in [-0.4, -0.2) is 16.8 Å². The first-order valence-electron chi connectivity index (χ1n) is 8.83. The lowest BCUT2D eigenvalue weighted by Gasteiger charge is -2.29. The van der Waals surface area contributed by atoms with E-state index in [0.29, 0.717) is 11.5 Å². The maximum Gasteiger partial charge on any atom is 0.123 e. The number of benzene rings is 2. The highest BCUT2D eigenvalue weighted by molar-refractivity contribution is 5.73. The topological polar surface area (TPSA) is 49.7 Å². The largest absolute Gasteiger partial charge is 0.508 e. The van der Waals surface area contributed by atoms with Crippen LogP contribution in [0.5, 0.6) is 11.5 Å². The molecule has 0 radical (unpaired) electrons. The molecule has 3 heteroatoms. The van der Waals surface area contributed by atoms with Crippen molar-refractivity contribution in [2.24, 2.45) is 0 Å². The lowest BCUT2D eigenvalue weighted by Crippen LogP contribution is -2.19. The Balaban J connectivity index is 2.08. The maximum atomic E-state index is 10.4. The third-order valence-electron chi connectivity index (χ3n) is 5.26. The lowest BCUT2D eigenvalue weighted by atomic mass is 9.76. The SMILES string of the molecule is CC/C(=C1\CCO1)c1cc(C(C)(C)c2ccc(O)c(C)c2)ccc1O. The number of allylic oxidation sites excluding steroid dienone is 1.